The van der Waals surface area contributed by atoms with E-state index in [0.29, 0.717) is 22.8 Å². The van der Waals surface area contributed by atoms with Crippen LogP contribution < -0.4 is 36.6 Å². The fourth-order valence-corrected chi connectivity index (χ4v) is 9.86. The second kappa shape index (κ2) is 25.2. The number of nitrogens with zero attached hydrogens (tertiary/aromatic N) is 6. The minimum Gasteiger partial charge on any atom is -0.497 e. The molecule has 5 unspecified atom stereocenters. The van der Waals surface area contributed by atoms with Crippen molar-refractivity contribution in [1.82, 2.24) is 51.5 Å². The standard InChI is InChI=1S/C48H70N12O15/c1-23(25-11-9-8-10-12-25)33-43(71)52-27(17-24-13-15-26(74-7)16-14-24)42(70)55-34(36(64)29-19-57(4)47(49-2)59(29)6)45(73)56-35(44(72)53-28(21-61)41(69)51-18-32(63)54-33)37(65)30-20-58(5)48(50-3)60(30)46-40(68)39(67)38(66)31(22-62)75-46/h8-16,23,27-31,33-40,46,61-62,64-68H,17-22H2,1-7H3,(H,51,69)(H,52,71)(H,53,72)(H,54,63)(H,55,70)(H,56,73)/t23?,27-,28-,29?,30?,31+,33-,34-,35+,36?,37?,38+,39-,40-,46-/m0/s1/i7D. The summed E-state index contributed by atoms with van der Waals surface area (Å²) in [6.07, 6.45) is -13.0. The van der Waals surface area contributed by atoms with Gasteiger partial charge in [-0.3, -0.25) is 38.8 Å². The Bertz CT molecular complexity index is 2430. The van der Waals surface area contributed by atoms with Gasteiger partial charge in [-0.2, -0.15) is 0 Å². The molecule has 13 N–H and O–H groups in total. The molecule has 75 heavy (non-hydrogen) atoms. The van der Waals surface area contributed by atoms with E-state index in [1.54, 1.807) is 73.3 Å². The predicted octanol–water partition coefficient (Wildman–Crippen LogP) is -7.06. The summed E-state index contributed by atoms with van der Waals surface area (Å²) < 4.78 is 18.6. The first kappa shape index (κ1) is 56.0. The van der Waals surface area contributed by atoms with Gasteiger partial charge in [0.05, 0.1) is 40.3 Å². The van der Waals surface area contributed by atoms with Crippen LogP contribution in [0.1, 0.15) is 25.3 Å². The molecular weight excluding hydrogens is 985 g/mol. The summed E-state index contributed by atoms with van der Waals surface area (Å²) in [6.45, 7) is -1.28. The molecule has 15 atom stereocenters. The number of carbonyl (C=O) groups is 6. The maximum absolute atomic E-state index is 15.2. The molecule has 0 aliphatic carbocycles. The highest BCUT2D eigenvalue weighted by Crippen LogP contribution is 2.31. The van der Waals surface area contributed by atoms with E-state index in [2.05, 4.69) is 41.9 Å². The first-order valence-corrected chi connectivity index (χ1v) is 24.2. The summed E-state index contributed by atoms with van der Waals surface area (Å²) in [5, 5.41) is 93.3. The fourth-order valence-electron chi connectivity index (χ4n) is 9.86. The van der Waals surface area contributed by atoms with Crippen LogP contribution in [0.15, 0.2) is 64.6 Å². The van der Waals surface area contributed by atoms with E-state index in [1.165, 1.54) is 43.1 Å². The van der Waals surface area contributed by atoms with E-state index in [4.69, 9.17) is 10.8 Å². The molecule has 6 amide bonds. The van der Waals surface area contributed by atoms with E-state index in [1.807, 2.05) is 0 Å². The molecule has 6 rings (SSSR count). The largest absolute Gasteiger partial charge is 0.497 e. The number of likely N-dealkylation sites (N-methyl/N-ethyl adjacent to an activating group) is 3. The lowest BCUT2D eigenvalue weighted by Crippen LogP contribution is -2.69. The SMILES string of the molecule is [2H]COc1ccc(C[C@@H]2NC(=O)[C@H](C(C)c3ccccc3)NC(=O)CNC(=O)[C@H](CO)NC(=O)[C@@H](C(O)C3CN(C)C(=NC)N3[C@H]3O[C@H](CO)[C@@H](O)[C@H](O)[C@@H]3O)NC(=O)[C@H](C(O)C3CN(C)C(=NC)N3C)NC2=O)cc1. The van der Waals surface area contributed by atoms with Crippen molar-refractivity contribution in [3.63, 3.8) is 0 Å². The second-order valence-electron chi connectivity index (χ2n) is 18.9. The monoisotopic (exact) mass is 1060 g/mol. The number of benzene rings is 2. The Morgan fingerprint density at radius 3 is 1.87 bits per heavy atom. The summed E-state index contributed by atoms with van der Waals surface area (Å²) in [7, 11) is 7.23. The maximum atomic E-state index is 15.2. The van der Waals surface area contributed by atoms with Crippen LogP contribution in [0.3, 0.4) is 0 Å². The highest BCUT2D eigenvalue weighted by atomic mass is 16.6. The number of carbonyl (C=O) groups excluding carboxylic acids is 6. The average molecular weight is 1060 g/mol. The van der Waals surface area contributed by atoms with Crippen LogP contribution in [-0.4, -0.2) is 263 Å². The fraction of sp³-hybridized carbons (Fsp3) is 0.583. The normalized spacial score (nSPS) is 32.3. The second-order valence-corrected chi connectivity index (χ2v) is 18.9. The summed E-state index contributed by atoms with van der Waals surface area (Å²) >= 11 is 0. The number of aliphatic hydroxyl groups excluding tert-OH is 7. The summed E-state index contributed by atoms with van der Waals surface area (Å²) in [4.78, 5) is 101. The Balaban J connectivity index is 1.47. The number of guanidine groups is 2. The molecule has 0 saturated carbocycles. The molecule has 27 heteroatoms. The van der Waals surface area contributed by atoms with Gasteiger partial charge >= 0.3 is 0 Å². The Labute approximate surface area is 434 Å². The van der Waals surface area contributed by atoms with Crippen LogP contribution >= 0.6 is 0 Å². The first-order chi connectivity index (χ1) is 36.2. The molecule has 4 aliphatic heterocycles. The van der Waals surface area contributed by atoms with Crippen molar-refractivity contribution in [2.45, 2.75) is 104 Å². The van der Waals surface area contributed by atoms with Crippen molar-refractivity contribution in [3.05, 3.63) is 65.7 Å². The molecular formula is C48H70N12O15. The number of nitrogens with one attached hydrogen (secondary N) is 6. The molecule has 0 spiro atoms. The quantitative estimate of drug-likeness (QED) is 0.0939. The molecule has 0 aromatic heterocycles. The number of aliphatic imine (C=N–C) groups is 2. The van der Waals surface area contributed by atoms with Crippen LogP contribution in [-0.2, 0) is 39.9 Å². The third-order valence-electron chi connectivity index (χ3n) is 14.0. The van der Waals surface area contributed by atoms with Crippen LogP contribution in [0.25, 0.3) is 0 Å². The molecule has 4 fully saturated rings. The molecule has 0 radical (unpaired) electrons. The summed E-state index contributed by atoms with van der Waals surface area (Å²) in [6, 6.07) is 3.25. The number of amides is 6. The molecule has 0 bridgehead atoms. The Hall–Kier alpha value is -6.72. The van der Waals surface area contributed by atoms with Gasteiger partial charge in [0.15, 0.2) is 18.1 Å². The van der Waals surface area contributed by atoms with E-state index < -0.39 is 146 Å². The highest BCUT2D eigenvalue weighted by molar-refractivity contribution is 5.98. The third kappa shape index (κ3) is 12.7. The van der Waals surface area contributed by atoms with E-state index >= 15 is 9.59 Å². The van der Waals surface area contributed by atoms with Crippen molar-refractivity contribution in [2.24, 2.45) is 9.98 Å². The topological polar surface area (TPSA) is 372 Å². The van der Waals surface area contributed by atoms with Crippen LogP contribution in [0.4, 0.5) is 0 Å². The van der Waals surface area contributed by atoms with Crippen molar-refractivity contribution in [1.29, 1.82) is 0 Å². The number of hydrogen-bond acceptors (Lipinski definition) is 17. The minimum atomic E-state index is -2.21. The Morgan fingerprint density at radius 2 is 1.27 bits per heavy atom. The van der Waals surface area contributed by atoms with Gasteiger partial charge in [-0.15, -0.1) is 0 Å². The molecule has 2 aromatic rings. The van der Waals surface area contributed by atoms with E-state index in [9.17, 15) is 54.9 Å². The zero-order valence-corrected chi connectivity index (χ0v) is 42.4. The third-order valence-corrected chi connectivity index (χ3v) is 14.0. The predicted molar refractivity (Wildman–Crippen MR) is 266 cm³/mol. The molecule has 4 heterocycles. The highest BCUT2D eigenvalue weighted by Gasteiger charge is 2.54. The van der Waals surface area contributed by atoms with Gasteiger partial charge in [-0.1, -0.05) is 49.4 Å². The number of hydrogen-bond donors (Lipinski definition) is 13. The molecule has 412 valence electrons. The lowest BCUT2D eigenvalue weighted by molar-refractivity contribution is -0.260. The van der Waals surface area contributed by atoms with Crippen LogP contribution in [0.5, 0.6) is 5.75 Å². The van der Waals surface area contributed by atoms with Crippen LogP contribution in [0.2, 0.25) is 0 Å². The van der Waals surface area contributed by atoms with Gasteiger partial charge in [0, 0.05) is 60.7 Å². The van der Waals surface area contributed by atoms with E-state index in [-0.39, 0.29) is 32.6 Å². The molecule has 4 aliphatic rings. The average Bonchev–Trinajstić information content (AvgIpc) is 3.92. The lowest BCUT2D eigenvalue weighted by atomic mass is 9.92. The molecule has 2 aromatic carbocycles. The first-order valence-electron chi connectivity index (χ1n) is 24.9. The van der Waals surface area contributed by atoms with Gasteiger partial charge in [-0.05, 0) is 23.3 Å². The zero-order chi connectivity index (χ0) is 55.7. The number of ether oxygens (including phenoxy) is 2. The van der Waals surface area contributed by atoms with Crippen molar-refractivity contribution >= 4 is 47.4 Å². The van der Waals surface area contributed by atoms with Crippen molar-refractivity contribution in [3.8, 4) is 5.75 Å². The Kier molecular flexibility index (Phi) is 18.8. The van der Waals surface area contributed by atoms with Gasteiger partial charge in [0.1, 0.15) is 72.6 Å². The zero-order valence-electron chi connectivity index (χ0n) is 43.4. The van der Waals surface area contributed by atoms with Crippen molar-refractivity contribution < 1.29 is 75.4 Å². The molecule has 4 saturated heterocycles. The summed E-state index contributed by atoms with van der Waals surface area (Å²) in [5.74, 6) is -6.61. The van der Waals surface area contributed by atoms with Gasteiger partial charge in [-0.25, -0.2) is 0 Å². The van der Waals surface area contributed by atoms with Crippen molar-refractivity contribution in [2.75, 3.05) is 75.2 Å². The van der Waals surface area contributed by atoms with Crippen LogP contribution in [0, 0.1) is 0 Å². The number of methoxy groups -OCH3 is 1. The maximum Gasteiger partial charge on any atom is 0.246 e. The van der Waals surface area contributed by atoms with E-state index in [0.717, 1.165) is 0 Å². The smallest absolute Gasteiger partial charge is 0.246 e. The minimum absolute atomic E-state index is 0.000540. The van der Waals surface area contributed by atoms with Gasteiger partial charge in [0.25, 0.3) is 0 Å². The summed E-state index contributed by atoms with van der Waals surface area (Å²) in [5.41, 5.74) is 1.04. The number of rotatable bonds is 12. The van der Waals surface area contributed by atoms with Gasteiger partial charge < -0.3 is 96.7 Å². The molecule has 27 nitrogen and oxygen atoms in total. The van der Waals surface area contributed by atoms with Gasteiger partial charge in [0.2, 0.25) is 35.4 Å². The Morgan fingerprint density at radius 1 is 0.693 bits per heavy atom. The lowest BCUT2D eigenvalue weighted by Gasteiger charge is -2.46. The number of aliphatic hydroxyl groups is 7.